The lowest BCUT2D eigenvalue weighted by molar-refractivity contribution is -0.104. The van der Waals surface area contributed by atoms with E-state index < -0.39 is 10.0 Å². The lowest BCUT2D eigenvalue weighted by Gasteiger charge is -2.17. The molecule has 2 heterocycles. The van der Waals surface area contributed by atoms with Gasteiger partial charge in [0.05, 0.1) is 5.75 Å². The molecule has 8 heteroatoms. The van der Waals surface area contributed by atoms with Gasteiger partial charge in [-0.15, -0.1) is 0 Å². The second-order valence-electron chi connectivity index (χ2n) is 5.75. The number of aromatic nitrogens is 1. The van der Waals surface area contributed by atoms with Crippen LogP contribution in [0.2, 0.25) is 0 Å². The second-order valence-corrected chi connectivity index (χ2v) is 7.60. The normalized spacial score (nSPS) is 15.0. The largest absolute Gasteiger partial charge is 0.370 e. The Labute approximate surface area is 148 Å². The molecule has 2 rings (SSSR count). The Balaban J connectivity index is 1.83. The molecule has 4 N–H and O–H groups in total. The zero-order valence-electron chi connectivity index (χ0n) is 14.1. The molecule has 1 aliphatic heterocycles. The maximum Gasteiger partial charge on any atom is 0.215 e. The summed E-state index contributed by atoms with van der Waals surface area (Å²) >= 11 is 0. The minimum Gasteiger partial charge on any atom is -0.370 e. The molecule has 0 aromatic carbocycles. The molecule has 1 aliphatic rings. The Kier molecular flexibility index (Phi) is 7.30. The quantitative estimate of drug-likeness (QED) is 0.335. The van der Waals surface area contributed by atoms with Gasteiger partial charge < -0.3 is 11.1 Å². The fourth-order valence-corrected chi connectivity index (χ4v) is 3.39. The number of allylic oxidation sites excluding steroid dienone is 1. The number of aryl methyl sites for hydroxylation is 1. The standard InChI is InChI=1S/C17H24N4O3S/c18-13-14(8-11-22)3-2-12-25(23,24)20-10-7-16-6-5-15-4-1-9-19-17(15)21-16/h2-3,5-6,8,11,20H,1,4,7,9-10,12-13,18H2,(H,19,21). The van der Waals surface area contributed by atoms with E-state index in [2.05, 4.69) is 21.1 Å². The first-order valence-electron chi connectivity index (χ1n) is 8.25. The molecule has 1 aromatic heterocycles. The van der Waals surface area contributed by atoms with Gasteiger partial charge >= 0.3 is 0 Å². The summed E-state index contributed by atoms with van der Waals surface area (Å²) in [4.78, 5) is 14.9. The Hall–Kier alpha value is -2.03. The average molecular weight is 364 g/mol. The van der Waals surface area contributed by atoms with Crippen molar-refractivity contribution in [2.45, 2.75) is 19.3 Å². The molecule has 25 heavy (non-hydrogen) atoms. The first kappa shape index (κ1) is 19.3. The second kappa shape index (κ2) is 9.45. The molecular weight excluding hydrogens is 340 g/mol. The van der Waals surface area contributed by atoms with Gasteiger partial charge in [0.25, 0.3) is 0 Å². The van der Waals surface area contributed by atoms with Crippen LogP contribution in [0.4, 0.5) is 5.82 Å². The fraction of sp³-hybridized carbons (Fsp3) is 0.412. The number of fused-ring (bicyclic) bond motifs is 1. The molecule has 136 valence electrons. The SMILES string of the molecule is NCC(C=CCS(=O)(=O)NCCc1ccc2c(n1)NCCC2)=CC=O. The van der Waals surface area contributed by atoms with Crippen molar-refractivity contribution in [3.63, 3.8) is 0 Å². The Morgan fingerprint density at radius 3 is 3.00 bits per heavy atom. The number of anilines is 1. The van der Waals surface area contributed by atoms with Crippen LogP contribution in [-0.4, -0.2) is 45.1 Å². The van der Waals surface area contributed by atoms with Crippen LogP contribution in [0.5, 0.6) is 0 Å². The van der Waals surface area contributed by atoms with E-state index in [0.29, 0.717) is 18.3 Å². The lowest BCUT2D eigenvalue weighted by atomic mass is 10.1. The van der Waals surface area contributed by atoms with Crippen molar-refractivity contribution in [3.8, 4) is 0 Å². The van der Waals surface area contributed by atoms with E-state index in [1.165, 1.54) is 17.7 Å². The minimum atomic E-state index is -3.42. The van der Waals surface area contributed by atoms with Gasteiger partial charge in [-0.05, 0) is 36.1 Å². The van der Waals surface area contributed by atoms with E-state index in [1.54, 1.807) is 6.08 Å². The van der Waals surface area contributed by atoms with Crippen LogP contribution in [-0.2, 0) is 27.7 Å². The van der Waals surface area contributed by atoms with Crippen LogP contribution in [0, 0.1) is 0 Å². The predicted molar refractivity (Wildman–Crippen MR) is 98.9 cm³/mol. The smallest absolute Gasteiger partial charge is 0.215 e. The number of pyridine rings is 1. The molecule has 0 atom stereocenters. The van der Waals surface area contributed by atoms with Crippen molar-refractivity contribution in [1.29, 1.82) is 0 Å². The van der Waals surface area contributed by atoms with Crippen LogP contribution >= 0.6 is 0 Å². The van der Waals surface area contributed by atoms with E-state index in [9.17, 15) is 13.2 Å². The van der Waals surface area contributed by atoms with Crippen LogP contribution in [0.25, 0.3) is 0 Å². The molecule has 0 amide bonds. The van der Waals surface area contributed by atoms with Crippen molar-refractivity contribution < 1.29 is 13.2 Å². The molecule has 0 saturated heterocycles. The molecule has 0 radical (unpaired) electrons. The lowest BCUT2D eigenvalue weighted by Crippen LogP contribution is -2.28. The molecule has 0 saturated carbocycles. The third-order valence-electron chi connectivity index (χ3n) is 3.82. The Morgan fingerprint density at radius 1 is 1.40 bits per heavy atom. The van der Waals surface area contributed by atoms with Gasteiger partial charge in [0.1, 0.15) is 12.1 Å². The Morgan fingerprint density at radius 2 is 2.24 bits per heavy atom. The summed E-state index contributed by atoms with van der Waals surface area (Å²) in [5.41, 5.74) is 8.09. The van der Waals surface area contributed by atoms with E-state index in [-0.39, 0.29) is 18.8 Å². The van der Waals surface area contributed by atoms with Crippen LogP contribution in [0.1, 0.15) is 17.7 Å². The molecule has 0 aliphatic carbocycles. The maximum atomic E-state index is 12.0. The first-order chi connectivity index (χ1) is 12.0. The van der Waals surface area contributed by atoms with Crippen molar-refractivity contribution in [2.24, 2.45) is 5.73 Å². The summed E-state index contributed by atoms with van der Waals surface area (Å²) in [6.45, 7) is 1.39. The summed E-state index contributed by atoms with van der Waals surface area (Å²) in [6.07, 6.45) is 7.62. The number of nitrogens with zero attached hydrogens (tertiary/aromatic N) is 1. The number of nitrogens with two attached hydrogens (primary N) is 1. The molecule has 0 bridgehead atoms. The maximum absolute atomic E-state index is 12.0. The summed E-state index contributed by atoms with van der Waals surface area (Å²) in [6, 6.07) is 3.99. The Bertz CT molecular complexity index is 757. The zero-order valence-corrected chi connectivity index (χ0v) is 14.9. The summed E-state index contributed by atoms with van der Waals surface area (Å²) in [5.74, 6) is 0.744. The summed E-state index contributed by atoms with van der Waals surface area (Å²) in [7, 11) is -3.42. The highest BCUT2D eigenvalue weighted by Crippen LogP contribution is 2.19. The number of sulfonamides is 1. The molecule has 1 aromatic rings. The van der Waals surface area contributed by atoms with E-state index >= 15 is 0 Å². The molecule has 7 nitrogen and oxygen atoms in total. The summed E-state index contributed by atoms with van der Waals surface area (Å²) < 4.78 is 26.5. The molecule has 0 spiro atoms. The minimum absolute atomic E-state index is 0.164. The number of hydrogen-bond acceptors (Lipinski definition) is 6. The molecule has 0 fully saturated rings. The van der Waals surface area contributed by atoms with Crippen LogP contribution < -0.4 is 15.8 Å². The van der Waals surface area contributed by atoms with Gasteiger partial charge in [0.15, 0.2) is 0 Å². The highest BCUT2D eigenvalue weighted by atomic mass is 32.2. The average Bonchev–Trinajstić information content (AvgIpc) is 2.60. The number of nitrogens with one attached hydrogen (secondary N) is 2. The highest BCUT2D eigenvalue weighted by molar-refractivity contribution is 7.89. The van der Waals surface area contributed by atoms with E-state index in [4.69, 9.17) is 5.73 Å². The monoisotopic (exact) mass is 364 g/mol. The van der Waals surface area contributed by atoms with Gasteiger partial charge in [-0.3, -0.25) is 4.79 Å². The fourth-order valence-electron chi connectivity index (χ4n) is 2.51. The molecular formula is C17H24N4O3S. The number of hydrogen-bond donors (Lipinski definition) is 3. The predicted octanol–water partition coefficient (Wildman–Crippen LogP) is 0.542. The van der Waals surface area contributed by atoms with Crippen LogP contribution in [0.15, 0.2) is 35.9 Å². The topological polar surface area (TPSA) is 114 Å². The van der Waals surface area contributed by atoms with E-state index in [0.717, 1.165) is 30.9 Å². The van der Waals surface area contributed by atoms with E-state index in [1.807, 2.05) is 6.07 Å². The highest BCUT2D eigenvalue weighted by Gasteiger charge is 2.11. The third-order valence-corrected chi connectivity index (χ3v) is 5.10. The number of aldehydes is 1. The van der Waals surface area contributed by atoms with Crippen molar-refractivity contribution in [3.05, 3.63) is 47.2 Å². The van der Waals surface area contributed by atoms with Gasteiger partial charge in [0.2, 0.25) is 10.0 Å². The zero-order chi connectivity index (χ0) is 18.1. The van der Waals surface area contributed by atoms with Gasteiger partial charge in [-0.2, -0.15) is 0 Å². The van der Waals surface area contributed by atoms with Gasteiger partial charge in [-0.1, -0.05) is 18.2 Å². The summed E-state index contributed by atoms with van der Waals surface area (Å²) in [5, 5.41) is 3.26. The number of carbonyl (C=O) groups is 1. The van der Waals surface area contributed by atoms with Crippen LogP contribution in [0.3, 0.4) is 0 Å². The first-order valence-corrected chi connectivity index (χ1v) is 9.90. The number of rotatable bonds is 9. The number of carbonyl (C=O) groups excluding carboxylic acids is 1. The third kappa shape index (κ3) is 6.41. The van der Waals surface area contributed by atoms with Crippen molar-refractivity contribution in [1.82, 2.24) is 9.71 Å². The van der Waals surface area contributed by atoms with Crippen molar-refractivity contribution >= 4 is 22.1 Å². The van der Waals surface area contributed by atoms with Crippen molar-refractivity contribution in [2.75, 3.05) is 30.7 Å². The van der Waals surface area contributed by atoms with Gasteiger partial charge in [0, 0.05) is 31.7 Å². The van der Waals surface area contributed by atoms with Gasteiger partial charge in [-0.25, -0.2) is 18.1 Å². The molecule has 0 unspecified atom stereocenters.